The summed E-state index contributed by atoms with van der Waals surface area (Å²) >= 11 is 0. The molecule has 124 valence electrons. The number of rotatable bonds is 4. The zero-order valence-electron chi connectivity index (χ0n) is 13.8. The first kappa shape index (κ1) is 16.3. The number of sulfonamides is 1. The van der Waals surface area contributed by atoms with Crippen molar-refractivity contribution < 1.29 is 8.42 Å². The molecule has 0 radical (unpaired) electrons. The summed E-state index contributed by atoms with van der Waals surface area (Å²) in [5, 5.41) is 4.95. The third-order valence-electron chi connectivity index (χ3n) is 4.09. The van der Waals surface area contributed by atoms with Gasteiger partial charge in [-0.3, -0.25) is 0 Å². The maximum atomic E-state index is 12.3. The maximum Gasteiger partial charge on any atom is 0.276 e. The van der Waals surface area contributed by atoms with Crippen molar-refractivity contribution in [1.29, 1.82) is 0 Å². The zero-order chi connectivity index (χ0) is 17.3. The molecule has 0 spiro atoms. The molecule has 1 aromatic heterocycles. The van der Waals surface area contributed by atoms with E-state index in [4.69, 9.17) is 0 Å². The van der Waals surface area contributed by atoms with Crippen molar-refractivity contribution in [1.82, 2.24) is 9.40 Å². The SMILES string of the molecule is Cc1ccc(S(=O)(=O)N/N=C/c2cn(C)c3ccccc23)cc1C. The van der Waals surface area contributed by atoms with Gasteiger partial charge < -0.3 is 4.57 Å². The molecule has 0 unspecified atom stereocenters. The van der Waals surface area contributed by atoms with Gasteiger partial charge in [0.25, 0.3) is 10.0 Å². The summed E-state index contributed by atoms with van der Waals surface area (Å²) in [6.07, 6.45) is 3.44. The molecular formula is C18H19N3O2S. The fourth-order valence-corrected chi connectivity index (χ4v) is 3.45. The highest BCUT2D eigenvalue weighted by Crippen LogP contribution is 2.19. The number of hydrogen-bond acceptors (Lipinski definition) is 3. The van der Waals surface area contributed by atoms with Crippen LogP contribution in [0.25, 0.3) is 10.9 Å². The van der Waals surface area contributed by atoms with E-state index in [1.54, 1.807) is 18.2 Å². The lowest BCUT2D eigenvalue weighted by Gasteiger charge is -2.06. The van der Waals surface area contributed by atoms with E-state index in [-0.39, 0.29) is 4.90 Å². The smallest absolute Gasteiger partial charge is 0.276 e. The molecule has 1 N–H and O–H groups in total. The minimum atomic E-state index is -3.67. The van der Waals surface area contributed by atoms with Gasteiger partial charge in [0.2, 0.25) is 0 Å². The van der Waals surface area contributed by atoms with E-state index < -0.39 is 10.0 Å². The predicted octanol–water partition coefficient (Wildman–Crippen LogP) is 3.11. The lowest BCUT2D eigenvalue weighted by molar-refractivity contribution is 0.584. The Balaban J connectivity index is 1.85. The van der Waals surface area contributed by atoms with Crippen LogP contribution >= 0.6 is 0 Å². The molecule has 0 aliphatic heterocycles. The number of hydrazone groups is 1. The summed E-state index contributed by atoms with van der Waals surface area (Å²) in [6, 6.07) is 12.9. The summed E-state index contributed by atoms with van der Waals surface area (Å²) in [7, 11) is -1.73. The van der Waals surface area contributed by atoms with E-state index >= 15 is 0 Å². The van der Waals surface area contributed by atoms with Crippen molar-refractivity contribution in [3.63, 3.8) is 0 Å². The highest BCUT2D eigenvalue weighted by molar-refractivity contribution is 7.89. The number of nitrogens with one attached hydrogen (secondary N) is 1. The Hall–Kier alpha value is -2.60. The van der Waals surface area contributed by atoms with E-state index in [9.17, 15) is 8.42 Å². The van der Waals surface area contributed by atoms with Gasteiger partial charge in [0.05, 0.1) is 11.1 Å². The fraction of sp³-hybridized carbons (Fsp3) is 0.167. The molecule has 24 heavy (non-hydrogen) atoms. The summed E-state index contributed by atoms with van der Waals surface area (Å²) in [5.74, 6) is 0. The number of para-hydroxylation sites is 1. The van der Waals surface area contributed by atoms with Gasteiger partial charge in [-0.1, -0.05) is 24.3 Å². The fourth-order valence-electron chi connectivity index (χ4n) is 2.57. The van der Waals surface area contributed by atoms with Gasteiger partial charge in [-0.25, -0.2) is 4.83 Å². The molecule has 0 fully saturated rings. The Morgan fingerprint density at radius 1 is 1.08 bits per heavy atom. The van der Waals surface area contributed by atoms with Crippen LogP contribution in [0, 0.1) is 13.8 Å². The van der Waals surface area contributed by atoms with Gasteiger partial charge in [-0.05, 0) is 43.2 Å². The van der Waals surface area contributed by atoms with Crippen molar-refractivity contribution >= 4 is 27.1 Å². The first-order valence-electron chi connectivity index (χ1n) is 7.55. The van der Waals surface area contributed by atoms with E-state index in [2.05, 4.69) is 9.93 Å². The molecule has 5 nitrogen and oxygen atoms in total. The minimum Gasteiger partial charge on any atom is -0.350 e. The van der Waals surface area contributed by atoms with Crippen LogP contribution in [0.15, 0.2) is 58.7 Å². The summed E-state index contributed by atoms with van der Waals surface area (Å²) < 4.78 is 26.6. The normalized spacial score (nSPS) is 12.1. The number of aromatic nitrogens is 1. The largest absolute Gasteiger partial charge is 0.350 e. The summed E-state index contributed by atoms with van der Waals surface area (Å²) in [6.45, 7) is 3.82. The van der Waals surface area contributed by atoms with Crippen LogP contribution in [0.1, 0.15) is 16.7 Å². The molecule has 1 heterocycles. The Bertz CT molecular complexity index is 1030. The molecule has 0 amide bonds. The second-order valence-corrected chi connectivity index (χ2v) is 7.47. The van der Waals surface area contributed by atoms with Crippen molar-refractivity contribution in [3.8, 4) is 0 Å². The van der Waals surface area contributed by atoms with Gasteiger partial charge in [0, 0.05) is 29.7 Å². The average Bonchev–Trinajstić information content (AvgIpc) is 2.87. The Labute approximate surface area is 141 Å². The molecule has 0 aliphatic carbocycles. The quantitative estimate of drug-likeness (QED) is 0.585. The number of benzene rings is 2. The van der Waals surface area contributed by atoms with Crippen molar-refractivity contribution in [2.75, 3.05) is 0 Å². The van der Waals surface area contributed by atoms with Gasteiger partial charge in [0.15, 0.2) is 0 Å². The molecular weight excluding hydrogens is 322 g/mol. The van der Waals surface area contributed by atoms with Crippen LogP contribution in [-0.2, 0) is 17.1 Å². The lowest BCUT2D eigenvalue weighted by atomic mass is 10.1. The number of aryl methyl sites for hydroxylation is 3. The third-order valence-corrected chi connectivity index (χ3v) is 5.31. The molecule has 0 atom stereocenters. The monoisotopic (exact) mass is 341 g/mol. The highest BCUT2D eigenvalue weighted by atomic mass is 32.2. The molecule has 0 aliphatic rings. The van der Waals surface area contributed by atoms with Gasteiger partial charge in [0.1, 0.15) is 0 Å². The van der Waals surface area contributed by atoms with Crippen molar-refractivity contribution in [3.05, 3.63) is 65.4 Å². The van der Waals surface area contributed by atoms with E-state index in [0.717, 1.165) is 27.6 Å². The third kappa shape index (κ3) is 3.05. The van der Waals surface area contributed by atoms with Gasteiger partial charge in [-0.2, -0.15) is 13.5 Å². The zero-order valence-corrected chi connectivity index (χ0v) is 14.6. The topological polar surface area (TPSA) is 63.5 Å². The number of hydrogen-bond donors (Lipinski definition) is 1. The molecule has 3 rings (SSSR count). The summed E-state index contributed by atoms with van der Waals surface area (Å²) in [4.78, 5) is 2.49. The van der Waals surface area contributed by atoms with Gasteiger partial charge in [-0.15, -0.1) is 0 Å². The predicted molar refractivity (Wildman–Crippen MR) is 96.8 cm³/mol. The van der Waals surface area contributed by atoms with Crippen LogP contribution in [0.4, 0.5) is 0 Å². The molecule has 2 aromatic carbocycles. The van der Waals surface area contributed by atoms with Crippen LogP contribution in [0.5, 0.6) is 0 Å². The average molecular weight is 341 g/mol. The first-order valence-corrected chi connectivity index (χ1v) is 9.03. The Morgan fingerprint density at radius 3 is 2.58 bits per heavy atom. The van der Waals surface area contributed by atoms with Crippen molar-refractivity contribution in [2.24, 2.45) is 12.1 Å². The molecule has 0 saturated carbocycles. The van der Waals surface area contributed by atoms with E-state index in [1.807, 2.05) is 55.9 Å². The first-order chi connectivity index (χ1) is 11.4. The van der Waals surface area contributed by atoms with Gasteiger partial charge >= 0.3 is 0 Å². The molecule has 6 heteroatoms. The Morgan fingerprint density at radius 2 is 1.83 bits per heavy atom. The van der Waals surface area contributed by atoms with E-state index in [1.165, 1.54) is 6.21 Å². The van der Waals surface area contributed by atoms with E-state index in [0.29, 0.717) is 0 Å². The molecule has 3 aromatic rings. The van der Waals surface area contributed by atoms with Crippen molar-refractivity contribution in [2.45, 2.75) is 18.7 Å². The van der Waals surface area contributed by atoms with Crippen LogP contribution < -0.4 is 4.83 Å². The van der Waals surface area contributed by atoms with Crippen LogP contribution in [0.3, 0.4) is 0 Å². The molecule has 0 saturated heterocycles. The summed E-state index contributed by atoms with van der Waals surface area (Å²) in [5.41, 5.74) is 3.90. The maximum absolute atomic E-state index is 12.3. The lowest BCUT2D eigenvalue weighted by Crippen LogP contribution is -2.18. The second kappa shape index (κ2) is 6.13. The number of fused-ring (bicyclic) bond motifs is 1. The standard InChI is InChI=1S/C18H19N3O2S/c1-13-8-9-16(10-14(13)2)24(22,23)20-19-11-15-12-21(3)18-7-5-4-6-17(15)18/h4-12,20H,1-3H3/b19-11+. The molecule has 0 bridgehead atoms. The minimum absolute atomic E-state index is 0.209. The highest BCUT2D eigenvalue weighted by Gasteiger charge is 2.13. The number of nitrogens with zero attached hydrogens (tertiary/aromatic N) is 2. The second-order valence-electron chi connectivity index (χ2n) is 5.81. The van der Waals surface area contributed by atoms with Crippen LogP contribution in [-0.4, -0.2) is 19.2 Å². The Kier molecular flexibility index (Phi) is 4.15. The van der Waals surface area contributed by atoms with Crippen LogP contribution in [0.2, 0.25) is 0 Å².